The van der Waals surface area contributed by atoms with Gasteiger partial charge in [0.15, 0.2) is 0 Å². The van der Waals surface area contributed by atoms with Crippen LogP contribution >= 0.6 is 11.3 Å². The predicted octanol–water partition coefficient (Wildman–Crippen LogP) is 5.53. The van der Waals surface area contributed by atoms with E-state index in [0.717, 1.165) is 67.1 Å². The van der Waals surface area contributed by atoms with Gasteiger partial charge >= 0.3 is 0 Å². The third kappa shape index (κ3) is 5.42. The summed E-state index contributed by atoms with van der Waals surface area (Å²) in [6.45, 7) is 1.78. The van der Waals surface area contributed by atoms with Crippen LogP contribution in [-0.4, -0.2) is 34.8 Å². The quantitative estimate of drug-likeness (QED) is 0.428. The van der Waals surface area contributed by atoms with E-state index in [4.69, 9.17) is 4.74 Å². The van der Waals surface area contributed by atoms with Crippen molar-refractivity contribution < 1.29 is 14.3 Å². The number of fused-ring (bicyclic) bond motifs is 1. The van der Waals surface area contributed by atoms with Crippen molar-refractivity contribution in [3.05, 3.63) is 81.3 Å². The average molecular weight is 516 g/mol. The van der Waals surface area contributed by atoms with Crippen LogP contribution in [0.15, 0.2) is 53.9 Å². The molecule has 1 aliphatic heterocycles. The first-order valence-corrected chi connectivity index (χ1v) is 14.4. The fourth-order valence-electron chi connectivity index (χ4n) is 5.60. The number of ether oxygens (including phenoxy) is 1. The molecule has 2 fully saturated rings. The molecule has 2 aliphatic carbocycles. The van der Waals surface area contributed by atoms with Gasteiger partial charge in [-0.2, -0.15) is 0 Å². The minimum Gasteiger partial charge on any atom is -0.486 e. The molecular formula is C30H33N3O3S. The fourth-order valence-corrected chi connectivity index (χ4v) is 6.28. The molecule has 1 aromatic heterocycles. The van der Waals surface area contributed by atoms with Crippen molar-refractivity contribution in [2.45, 2.75) is 57.6 Å². The number of hydrogen-bond acceptors (Lipinski definition) is 5. The summed E-state index contributed by atoms with van der Waals surface area (Å²) in [6, 6.07) is 16.5. The van der Waals surface area contributed by atoms with Gasteiger partial charge in [0.05, 0.1) is 6.04 Å². The second kappa shape index (κ2) is 10.7. The molecule has 0 spiro atoms. The highest BCUT2D eigenvalue weighted by Crippen LogP contribution is 2.39. The summed E-state index contributed by atoms with van der Waals surface area (Å²) in [5.74, 6) is 1.72. The van der Waals surface area contributed by atoms with Crippen molar-refractivity contribution in [3.63, 3.8) is 0 Å². The maximum atomic E-state index is 13.6. The number of nitrogens with one attached hydrogen (secondary N) is 1. The van der Waals surface area contributed by atoms with Crippen LogP contribution in [0.5, 0.6) is 5.75 Å². The molecule has 6 rings (SSSR count). The molecule has 0 radical (unpaired) electrons. The first-order valence-electron chi connectivity index (χ1n) is 13.5. The van der Waals surface area contributed by atoms with E-state index in [2.05, 4.69) is 39.5 Å². The molecule has 2 saturated carbocycles. The van der Waals surface area contributed by atoms with Crippen molar-refractivity contribution in [2.24, 2.45) is 11.8 Å². The number of hydrogen-bond donors (Lipinski definition) is 1. The molecule has 3 aromatic rings. The number of amides is 2. The van der Waals surface area contributed by atoms with Gasteiger partial charge in [-0.1, -0.05) is 49.2 Å². The molecule has 2 aromatic carbocycles. The topological polar surface area (TPSA) is 71.5 Å². The molecule has 1 unspecified atom stereocenters. The van der Waals surface area contributed by atoms with E-state index in [9.17, 15) is 9.59 Å². The highest BCUT2D eigenvalue weighted by atomic mass is 32.1. The Hall–Kier alpha value is -3.19. The third-order valence-electron chi connectivity index (χ3n) is 7.84. The van der Waals surface area contributed by atoms with Crippen LogP contribution in [0.4, 0.5) is 0 Å². The second-order valence-corrected chi connectivity index (χ2v) is 11.4. The standard InChI is InChI=1S/C30H33N3O3S/c34-29(31-17-20-10-11-20)26-19-37-27(32-26)18-36-24-13-12-21-14-15-33(30(35)23-8-4-5-9-23)28(25(21)16-24)22-6-2-1-3-7-22/h1-3,6-7,12-13,16,19-20,23,28H,4-5,8-11,14-15,17-18H2,(H,31,34). The van der Waals surface area contributed by atoms with Crippen LogP contribution in [0.1, 0.15) is 76.8 Å². The molecule has 0 bridgehead atoms. The molecule has 6 nitrogen and oxygen atoms in total. The first-order chi connectivity index (χ1) is 18.2. The summed E-state index contributed by atoms with van der Waals surface area (Å²) in [4.78, 5) is 32.5. The summed E-state index contributed by atoms with van der Waals surface area (Å²) in [6.07, 6.45) is 7.56. The molecule has 1 N–H and O–H groups in total. The van der Waals surface area contributed by atoms with Gasteiger partial charge in [-0.05, 0) is 66.8 Å². The Morgan fingerprint density at radius 2 is 1.86 bits per heavy atom. The van der Waals surface area contributed by atoms with Gasteiger partial charge in [0, 0.05) is 24.4 Å². The lowest BCUT2D eigenvalue weighted by molar-refractivity contribution is -0.137. The largest absolute Gasteiger partial charge is 0.486 e. The van der Waals surface area contributed by atoms with Gasteiger partial charge in [-0.3, -0.25) is 9.59 Å². The number of thiazole rings is 1. The lowest BCUT2D eigenvalue weighted by Crippen LogP contribution is -2.43. The highest BCUT2D eigenvalue weighted by Gasteiger charge is 2.36. The molecule has 3 aliphatic rings. The van der Waals surface area contributed by atoms with Gasteiger partial charge < -0.3 is 15.0 Å². The number of nitrogens with zero attached hydrogens (tertiary/aromatic N) is 2. The van der Waals surface area contributed by atoms with Gasteiger partial charge in [-0.15, -0.1) is 11.3 Å². The summed E-state index contributed by atoms with van der Waals surface area (Å²) in [7, 11) is 0. The van der Waals surface area contributed by atoms with Crippen LogP contribution in [0, 0.1) is 11.8 Å². The zero-order valence-electron chi connectivity index (χ0n) is 21.0. The van der Waals surface area contributed by atoms with Crippen LogP contribution in [0.25, 0.3) is 0 Å². The van der Waals surface area contributed by atoms with Crippen molar-refractivity contribution in [1.29, 1.82) is 0 Å². The third-order valence-corrected chi connectivity index (χ3v) is 8.67. The van der Waals surface area contributed by atoms with Gasteiger partial charge in [0.2, 0.25) is 5.91 Å². The minimum atomic E-state index is -0.110. The van der Waals surface area contributed by atoms with Crippen molar-refractivity contribution in [1.82, 2.24) is 15.2 Å². The first kappa shape index (κ1) is 24.2. The number of benzene rings is 2. The van der Waals surface area contributed by atoms with Crippen molar-refractivity contribution in [3.8, 4) is 5.75 Å². The van der Waals surface area contributed by atoms with Crippen molar-refractivity contribution >= 4 is 23.2 Å². The number of rotatable bonds is 8. The molecule has 1 atom stereocenters. The van der Waals surface area contributed by atoms with Crippen LogP contribution in [0.2, 0.25) is 0 Å². The molecule has 2 heterocycles. The maximum Gasteiger partial charge on any atom is 0.270 e. The maximum absolute atomic E-state index is 13.6. The number of carbonyl (C=O) groups is 2. The van der Waals surface area contributed by atoms with E-state index in [0.29, 0.717) is 24.1 Å². The normalized spacial score (nSPS) is 19.5. The Morgan fingerprint density at radius 3 is 2.65 bits per heavy atom. The van der Waals surface area contributed by atoms with E-state index in [1.165, 1.54) is 29.7 Å². The van der Waals surface area contributed by atoms with Gasteiger partial charge in [0.1, 0.15) is 23.1 Å². The monoisotopic (exact) mass is 515 g/mol. The van der Waals surface area contributed by atoms with Gasteiger partial charge in [0.25, 0.3) is 5.91 Å². The van der Waals surface area contributed by atoms with E-state index in [-0.39, 0.29) is 17.9 Å². The summed E-state index contributed by atoms with van der Waals surface area (Å²) >= 11 is 1.44. The minimum absolute atomic E-state index is 0.108. The summed E-state index contributed by atoms with van der Waals surface area (Å²) < 4.78 is 6.15. The highest BCUT2D eigenvalue weighted by molar-refractivity contribution is 7.09. The Labute approximate surface area is 222 Å². The summed E-state index contributed by atoms with van der Waals surface area (Å²) in [5.41, 5.74) is 4.00. The molecular weight excluding hydrogens is 482 g/mol. The molecule has 2 amide bonds. The lowest BCUT2D eigenvalue weighted by atomic mass is 9.87. The van der Waals surface area contributed by atoms with Crippen molar-refractivity contribution in [2.75, 3.05) is 13.1 Å². The zero-order valence-corrected chi connectivity index (χ0v) is 21.8. The second-order valence-electron chi connectivity index (χ2n) is 10.5. The van der Waals surface area contributed by atoms with Crippen LogP contribution < -0.4 is 10.1 Å². The predicted molar refractivity (Wildman–Crippen MR) is 144 cm³/mol. The molecule has 192 valence electrons. The van der Waals surface area contributed by atoms with E-state index in [1.807, 2.05) is 24.3 Å². The van der Waals surface area contributed by atoms with E-state index < -0.39 is 0 Å². The summed E-state index contributed by atoms with van der Waals surface area (Å²) in [5, 5.41) is 5.54. The SMILES string of the molecule is O=C(NCC1CC1)c1csc(COc2ccc3c(c2)C(c2ccccc2)N(C(=O)C2CCCC2)CC3)n1. The van der Waals surface area contributed by atoms with Gasteiger partial charge in [-0.25, -0.2) is 4.98 Å². The molecule has 7 heteroatoms. The van der Waals surface area contributed by atoms with Crippen LogP contribution in [-0.2, 0) is 17.8 Å². The Bertz CT molecular complexity index is 1260. The van der Waals surface area contributed by atoms with E-state index in [1.54, 1.807) is 5.38 Å². The Kier molecular flexibility index (Phi) is 6.96. The Morgan fingerprint density at radius 1 is 1.05 bits per heavy atom. The molecule has 37 heavy (non-hydrogen) atoms. The smallest absolute Gasteiger partial charge is 0.270 e. The fraction of sp³-hybridized carbons (Fsp3) is 0.433. The molecule has 0 saturated heterocycles. The number of carbonyl (C=O) groups excluding carboxylic acids is 2. The van der Waals surface area contributed by atoms with Crippen LogP contribution in [0.3, 0.4) is 0 Å². The number of aromatic nitrogens is 1. The van der Waals surface area contributed by atoms with E-state index >= 15 is 0 Å². The zero-order chi connectivity index (χ0) is 25.2. The average Bonchev–Trinajstić information content (AvgIpc) is 3.38. The Balaban J connectivity index is 1.20. The lowest BCUT2D eigenvalue weighted by Gasteiger charge is -2.39.